The van der Waals surface area contributed by atoms with Gasteiger partial charge >= 0.3 is 0 Å². The maximum Gasteiger partial charge on any atom is 0.142 e. The molecule has 0 heterocycles. The molecule has 0 bridgehead atoms. The second kappa shape index (κ2) is 8.12. The van der Waals surface area contributed by atoms with Crippen LogP contribution in [-0.2, 0) is 0 Å². The highest BCUT2D eigenvalue weighted by atomic mass is 32.2. The van der Waals surface area contributed by atoms with Crippen molar-refractivity contribution in [3.63, 3.8) is 0 Å². The number of ether oxygens (including phenoxy) is 2. The molecule has 3 nitrogen and oxygen atoms in total. The van der Waals surface area contributed by atoms with Crippen LogP contribution in [0.3, 0.4) is 0 Å². The zero-order valence-corrected chi connectivity index (χ0v) is 11.6. The third-order valence-corrected chi connectivity index (χ3v) is 2.80. The van der Waals surface area contributed by atoms with Gasteiger partial charge < -0.3 is 14.8 Å². The summed E-state index contributed by atoms with van der Waals surface area (Å²) in [5.74, 6) is 2.84. The summed E-state index contributed by atoms with van der Waals surface area (Å²) >= 11 is 1.82. The van der Waals surface area contributed by atoms with Crippen molar-refractivity contribution in [1.82, 2.24) is 0 Å². The number of anilines is 1. The van der Waals surface area contributed by atoms with Crippen molar-refractivity contribution in [2.75, 3.05) is 37.1 Å². The molecule has 4 heteroatoms. The molecule has 0 unspecified atom stereocenters. The van der Waals surface area contributed by atoms with E-state index in [1.54, 1.807) is 0 Å². The molecular weight excluding hydrogens is 234 g/mol. The van der Waals surface area contributed by atoms with E-state index < -0.39 is 0 Å². The monoisotopic (exact) mass is 255 g/mol. The fourth-order valence-electron chi connectivity index (χ4n) is 1.47. The van der Waals surface area contributed by atoms with Gasteiger partial charge in [-0.2, -0.15) is 11.8 Å². The van der Waals surface area contributed by atoms with E-state index in [2.05, 4.69) is 11.6 Å². The molecule has 0 saturated heterocycles. The van der Waals surface area contributed by atoms with Crippen molar-refractivity contribution < 1.29 is 9.47 Å². The Balaban J connectivity index is 2.74. The van der Waals surface area contributed by atoms with Gasteiger partial charge in [0.15, 0.2) is 0 Å². The SMILES string of the molecule is CCOc1ccc(OCC)c(NCCSC)c1. The van der Waals surface area contributed by atoms with Gasteiger partial charge in [-0.15, -0.1) is 0 Å². The van der Waals surface area contributed by atoms with Crippen LogP contribution in [0.15, 0.2) is 18.2 Å². The summed E-state index contributed by atoms with van der Waals surface area (Å²) in [6.45, 7) is 6.25. The summed E-state index contributed by atoms with van der Waals surface area (Å²) in [6.07, 6.45) is 2.10. The first-order valence-corrected chi connectivity index (χ1v) is 7.33. The summed E-state index contributed by atoms with van der Waals surface area (Å²) in [5.41, 5.74) is 1.01. The van der Waals surface area contributed by atoms with Gasteiger partial charge in [-0.1, -0.05) is 0 Å². The fraction of sp³-hybridized carbons (Fsp3) is 0.538. The zero-order chi connectivity index (χ0) is 12.5. The second-order valence-corrected chi connectivity index (χ2v) is 4.43. The van der Waals surface area contributed by atoms with Crippen LogP contribution in [-0.4, -0.2) is 31.8 Å². The Morgan fingerprint density at radius 3 is 2.59 bits per heavy atom. The highest BCUT2D eigenvalue weighted by Crippen LogP contribution is 2.29. The first-order chi connectivity index (χ1) is 8.31. The molecular formula is C13H21NO2S. The number of nitrogens with one attached hydrogen (secondary N) is 1. The highest BCUT2D eigenvalue weighted by molar-refractivity contribution is 7.98. The molecule has 96 valence electrons. The quantitative estimate of drug-likeness (QED) is 0.722. The first-order valence-electron chi connectivity index (χ1n) is 5.94. The van der Waals surface area contributed by atoms with Gasteiger partial charge in [0.25, 0.3) is 0 Å². The number of hydrogen-bond donors (Lipinski definition) is 1. The smallest absolute Gasteiger partial charge is 0.142 e. The highest BCUT2D eigenvalue weighted by Gasteiger charge is 2.05. The molecule has 1 N–H and O–H groups in total. The summed E-state index contributed by atoms with van der Waals surface area (Å²) in [6, 6.07) is 5.89. The minimum Gasteiger partial charge on any atom is -0.494 e. The predicted molar refractivity (Wildman–Crippen MR) is 75.7 cm³/mol. The van der Waals surface area contributed by atoms with E-state index in [4.69, 9.17) is 9.47 Å². The Morgan fingerprint density at radius 1 is 1.18 bits per heavy atom. The number of hydrogen-bond acceptors (Lipinski definition) is 4. The lowest BCUT2D eigenvalue weighted by atomic mass is 10.2. The van der Waals surface area contributed by atoms with E-state index >= 15 is 0 Å². The molecule has 0 fully saturated rings. The third kappa shape index (κ3) is 4.77. The van der Waals surface area contributed by atoms with Gasteiger partial charge in [-0.3, -0.25) is 0 Å². The third-order valence-electron chi connectivity index (χ3n) is 2.18. The topological polar surface area (TPSA) is 30.5 Å². The van der Waals surface area contributed by atoms with Crippen LogP contribution in [0.2, 0.25) is 0 Å². The van der Waals surface area contributed by atoms with Crippen LogP contribution in [0, 0.1) is 0 Å². The molecule has 17 heavy (non-hydrogen) atoms. The lowest BCUT2D eigenvalue weighted by Crippen LogP contribution is -2.06. The van der Waals surface area contributed by atoms with Crippen LogP contribution in [0.25, 0.3) is 0 Å². The zero-order valence-electron chi connectivity index (χ0n) is 10.8. The predicted octanol–water partition coefficient (Wildman–Crippen LogP) is 3.26. The maximum atomic E-state index is 5.58. The molecule has 1 aromatic rings. The summed E-state index contributed by atoms with van der Waals surface area (Å²) in [7, 11) is 0. The molecule has 0 amide bonds. The largest absolute Gasteiger partial charge is 0.494 e. The Bertz CT molecular complexity index is 331. The maximum absolute atomic E-state index is 5.58. The van der Waals surface area contributed by atoms with E-state index in [0.29, 0.717) is 13.2 Å². The van der Waals surface area contributed by atoms with Crippen molar-refractivity contribution in [2.45, 2.75) is 13.8 Å². The van der Waals surface area contributed by atoms with Gasteiger partial charge in [-0.25, -0.2) is 0 Å². The fourth-order valence-corrected chi connectivity index (χ4v) is 1.78. The summed E-state index contributed by atoms with van der Waals surface area (Å²) in [4.78, 5) is 0. The lowest BCUT2D eigenvalue weighted by molar-refractivity contribution is 0.332. The summed E-state index contributed by atoms with van der Waals surface area (Å²) < 4.78 is 11.1. The van der Waals surface area contributed by atoms with Gasteiger partial charge in [0, 0.05) is 18.4 Å². The number of rotatable bonds is 8. The van der Waals surface area contributed by atoms with Crippen molar-refractivity contribution in [1.29, 1.82) is 0 Å². The van der Waals surface area contributed by atoms with Crippen LogP contribution in [0.5, 0.6) is 11.5 Å². The van der Waals surface area contributed by atoms with Crippen LogP contribution >= 0.6 is 11.8 Å². The minimum absolute atomic E-state index is 0.672. The molecule has 1 rings (SSSR count). The van der Waals surface area contributed by atoms with E-state index in [-0.39, 0.29) is 0 Å². The Kier molecular flexibility index (Phi) is 6.70. The van der Waals surface area contributed by atoms with E-state index in [9.17, 15) is 0 Å². The number of thioether (sulfide) groups is 1. The molecule has 0 aromatic heterocycles. The second-order valence-electron chi connectivity index (χ2n) is 3.44. The van der Waals surface area contributed by atoms with E-state index in [0.717, 1.165) is 29.5 Å². The average Bonchev–Trinajstić information content (AvgIpc) is 2.33. The minimum atomic E-state index is 0.672. The van der Waals surface area contributed by atoms with Gasteiger partial charge in [0.2, 0.25) is 0 Å². The summed E-state index contributed by atoms with van der Waals surface area (Å²) in [5, 5.41) is 3.37. The molecule has 0 radical (unpaired) electrons. The molecule has 0 aliphatic carbocycles. The Morgan fingerprint density at radius 2 is 1.94 bits per heavy atom. The van der Waals surface area contributed by atoms with Crippen LogP contribution < -0.4 is 14.8 Å². The standard InChI is InChI=1S/C13H21NO2S/c1-4-15-11-6-7-13(16-5-2)12(10-11)14-8-9-17-3/h6-7,10,14H,4-5,8-9H2,1-3H3. The van der Waals surface area contributed by atoms with Gasteiger partial charge in [0.05, 0.1) is 18.9 Å². The molecule has 1 aromatic carbocycles. The normalized spacial score (nSPS) is 10.1. The van der Waals surface area contributed by atoms with Crippen molar-refractivity contribution in [2.24, 2.45) is 0 Å². The Labute approximate surface area is 108 Å². The average molecular weight is 255 g/mol. The van der Waals surface area contributed by atoms with Gasteiger partial charge in [0.1, 0.15) is 11.5 Å². The van der Waals surface area contributed by atoms with Gasteiger partial charge in [-0.05, 0) is 32.2 Å². The van der Waals surface area contributed by atoms with Crippen molar-refractivity contribution in [3.05, 3.63) is 18.2 Å². The number of benzene rings is 1. The molecule has 0 saturated carbocycles. The molecule has 0 aliphatic rings. The lowest BCUT2D eigenvalue weighted by Gasteiger charge is -2.13. The first kappa shape index (κ1) is 14.0. The molecule has 0 aliphatic heterocycles. The van der Waals surface area contributed by atoms with E-state index in [1.807, 2.05) is 43.8 Å². The molecule has 0 spiro atoms. The molecule has 0 atom stereocenters. The van der Waals surface area contributed by atoms with Crippen LogP contribution in [0.1, 0.15) is 13.8 Å². The Hall–Kier alpha value is -1.03. The van der Waals surface area contributed by atoms with Crippen molar-refractivity contribution in [3.8, 4) is 11.5 Å². The van der Waals surface area contributed by atoms with Crippen LogP contribution in [0.4, 0.5) is 5.69 Å². The van der Waals surface area contributed by atoms with E-state index in [1.165, 1.54) is 0 Å². The van der Waals surface area contributed by atoms with Crippen molar-refractivity contribution >= 4 is 17.4 Å².